The lowest BCUT2D eigenvalue weighted by Crippen LogP contribution is -2.37. The number of thiol groups is 1. The zero-order chi connectivity index (χ0) is 8.85. The van der Waals surface area contributed by atoms with Crippen molar-refractivity contribution in [2.75, 3.05) is 19.7 Å². The van der Waals surface area contributed by atoms with Crippen molar-refractivity contribution in [3.8, 4) is 0 Å². The molecule has 0 aliphatic carbocycles. The zero-order valence-electron chi connectivity index (χ0n) is 6.95. The molecule has 0 aliphatic rings. The van der Waals surface area contributed by atoms with E-state index in [-0.39, 0.29) is 17.8 Å². The van der Waals surface area contributed by atoms with Crippen LogP contribution < -0.4 is 0 Å². The van der Waals surface area contributed by atoms with E-state index in [1.165, 1.54) is 0 Å². The van der Waals surface area contributed by atoms with E-state index in [2.05, 4.69) is 12.6 Å². The number of likely N-dealkylation sites (N-methyl/N-ethyl adjacent to an activating group) is 1. The molecule has 66 valence electrons. The number of carbonyl (C=O) groups excluding carboxylic acids is 1. The minimum absolute atomic E-state index is 0.0140. The van der Waals surface area contributed by atoms with Gasteiger partial charge in [-0.05, 0) is 13.8 Å². The summed E-state index contributed by atoms with van der Waals surface area (Å²) < 4.78 is 0. The monoisotopic (exact) mass is 177 g/mol. The summed E-state index contributed by atoms with van der Waals surface area (Å²) in [5, 5.41) is 8.30. The third kappa shape index (κ3) is 3.62. The van der Waals surface area contributed by atoms with Crippen molar-refractivity contribution in [2.45, 2.75) is 19.1 Å². The van der Waals surface area contributed by atoms with Crippen molar-refractivity contribution in [3.63, 3.8) is 0 Å². The number of aliphatic hydroxyl groups excluding tert-OH is 1. The van der Waals surface area contributed by atoms with E-state index < -0.39 is 0 Å². The van der Waals surface area contributed by atoms with Gasteiger partial charge in [-0.15, -0.1) is 0 Å². The molecular weight excluding hydrogens is 162 g/mol. The summed E-state index contributed by atoms with van der Waals surface area (Å²) in [6, 6.07) is 0. The Labute approximate surface area is 72.8 Å². The van der Waals surface area contributed by atoms with Gasteiger partial charge in [-0.1, -0.05) is 0 Å². The van der Waals surface area contributed by atoms with Gasteiger partial charge in [0.25, 0.3) is 0 Å². The normalized spacial score (nSPS) is 12.7. The molecular formula is C7H15NO2S. The number of rotatable bonds is 4. The largest absolute Gasteiger partial charge is 0.395 e. The second-order valence-corrected chi connectivity index (χ2v) is 3.09. The molecule has 1 atom stereocenters. The van der Waals surface area contributed by atoms with Gasteiger partial charge < -0.3 is 10.0 Å². The van der Waals surface area contributed by atoms with Gasteiger partial charge in [0.2, 0.25) is 5.91 Å². The summed E-state index contributed by atoms with van der Waals surface area (Å²) in [6.07, 6.45) is 0. The second-order valence-electron chi connectivity index (χ2n) is 2.32. The predicted molar refractivity (Wildman–Crippen MR) is 47.8 cm³/mol. The molecule has 0 heterocycles. The molecule has 4 heteroatoms. The topological polar surface area (TPSA) is 40.5 Å². The minimum atomic E-state index is -0.276. The van der Waals surface area contributed by atoms with Crippen LogP contribution in [-0.4, -0.2) is 40.9 Å². The molecule has 11 heavy (non-hydrogen) atoms. The van der Waals surface area contributed by atoms with Gasteiger partial charge >= 0.3 is 0 Å². The van der Waals surface area contributed by atoms with Gasteiger partial charge in [-0.3, -0.25) is 4.79 Å². The van der Waals surface area contributed by atoms with Crippen LogP contribution in [0.15, 0.2) is 0 Å². The Hall–Kier alpha value is -0.220. The lowest BCUT2D eigenvalue weighted by molar-refractivity contribution is -0.130. The van der Waals surface area contributed by atoms with E-state index in [0.717, 1.165) is 0 Å². The van der Waals surface area contributed by atoms with Gasteiger partial charge in [0.05, 0.1) is 11.9 Å². The molecule has 0 saturated carbocycles. The highest BCUT2D eigenvalue weighted by Crippen LogP contribution is 1.99. The second kappa shape index (κ2) is 5.43. The number of hydrogen-bond acceptors (Lipinski definition) is 3. The molecule has 0 saturated heterocycles. The van der Waals surface area contributed by atoms with Crippen molar-refractivity contribution in [1.82, 2.24) is 4.90 Å². The fourth-order valence-corrected chi connectivity index (χ4v) is 0.972. The maximum atomic E-state index is 11.2. The van der Waals surface area contributed by atoms with Crippen LogP contribution >= 0.6 is 12.6 Å². The molecule has 0 spiro atoms. The summed E-state index contributed by atoms with van der Waals surface area (Å²) in [5.74, 6) is -0.0233. The standard InChI is InChI=1S/C7H15NO2S/c1-3-8(4-5-9)7(10)6(2)11/h6,9,11H,3-5H2,1-2H3. The number of nitrogens with zero attached hydrogens (tertiary/aromatic N) is 1. The van der Waals surface area contributed by atoms with E-state index in [0.29, 0.717) is 13.1 Å². The first-order valence-electron chi connectivity index (χ1n) is 3.71. The molecule has 0 rings (SSSR count). The molecule has 1 unspecified atom stereocenters. The molecule has 0 aromatic heterocycles. The van der Waals surface area contributed by atoms with Gasteiger partial charge in [0, 0.05) is 13.1 Å². The first-order chi connectivity index (χ1) is 5.13. The number of hydrogen-bond donors (Lipinski definition) is 2. The van der Waals surface area contributed by atoms with E-state index in [4.69, 9.17) is 5.11 Å². The number of carbonyl (C=O) groups is 1. The Bertz CT molecular complexity index is 128. The third-order valence-corrected chi connectivity index (χ3v) is 1.64. The fourth-order valence-electron chi connectivity index (χ4n) is 0.809. The van der Waals surface area contributed by atoms with Gasteiger partial charge in [0.1, 0.15) is 0 Å². The molecule has 0 radical (unpaired) electrons. The van der Waals surface area contributed by atoms with Crippen LogP contribution in [0.5, 0.6) is 0 Å². The van der Waals surface area contributed by atoms with Gasteiger partial charge in [-0.2, -0.15) is 12.6 Å². The maximum Gasteiger partial charge on any atom is 0.235 e. The highest BCUT2D eigenvalue weighted by atomic mass is 32.1. The minimum Gasteiger partial charge on any atom is -0.395 e. The summed E-state index contributed by atoms with van der Waals surface area (Å²) in [7, 11) is 0. The van der Waals surface area contributed by atoms with Crippen LogP contribution in [0, 0.1) is 0 Å². The van der Waals surface area contributed by atoms with E-state index in [1.807, 2.05) is 6.92 Å². The average molecular weight is 177 g/mol. The first kappa shape index (κ1) is 10.8. The molecule has 1 N–H and O–H groups in total. The van der Waals surface area contributed by atoms with Crippen molar-refractivity contribution >= 4 is 18.5 Å². The molecule has 1 amide bonds. The summed E-state index contributed by atoms with van der Waals surface area (Å²) >= 11 is 4.01. The third-order valence-electron chi connectivity index (χ3n) is 1.42. The Kier molecular flexibility index (Phi) is 5.32. The molecule has 0 bridgehead atoms. The SMILES string of the molecule is CCN(CCO)C(=O)C(C)S. The highest BCUT2D eigenvalue weighted by Gasteiger charge is 2.14. The Balaban J connectivity index is 3.92. The Morgan fingerprint density at radius 2 is 2.27 bits per heavy atom. The molecule has 0 aromatic carbocycles. The molecule has 0 aromatic rings. The summed E-state index contributed by atoms with van der Waals surface area (Å²) in [6.45, 7) is 4.65. The zero-order valence-corrected chi connectivity index (χ0v) is 7.84. The lowest BCUT2D eigenvalue weighted by atomic mass is 10.4. The predicted octanol–water partition coefficient (Wildman–Crippen LogP) is 0.145. The van der Waals surface area contributed by atoms with Crippen molar-refractivity contribution in [1.29, 1.82) is 0 Å². The van der Waals surface area contributed by atoms with Crippen LogP contribution in [0.25, 0.3) is 0 Å². The van der Waals surface area contributed by atoms with Crippen molar-refractivity contribution < 1.29 is 9.90 Å². The van der Waals surface area contributed by atoms with Crippen molar-refractivity contribution in [2.24, 2.45) is 0 Å². The average Bonchev–Trinajstić information content (AvgIpc) is 1.98. The van der Waals surface area contributed by atoms with E-state index >= 15 is 0 Å². The van der Waals surface area contributed by atoms with Gasteiger partial charge in [0.15, 0.2) is 0 Å². The van der Waals surface area contributed by atoms with Crippen LogP contribution in [0.1, 0.15) is 13.8 Å². The molecule has 3 nitrogen and oxygen atoms in total. The first-order valence-corrected chi connectivity index (χ1v) is 4.22. The maximum absolute atomic E-state index is 11.2. The lowest BCUT2D eigenvalue weighted by Gasteiger charge is -2.21. The number of aliphatic hydroxyl groups is 1. The van der Waals surface area contributed by atoms with Crippen LogP contribution in [-0.2, 0) is 4.79 Å². The smallest absolute Gasteiger partial charge is 0.235 e. The Morgan fingerprint density at radius 1 is 1.73 bits per heavy atom. The van der Waals surface area contributed by atoms with Gasteiger partial charge in [-0.25, -0.2) is 0 Å². The molecule has 0 aliphatic heterocycles. The summed E-state index contributed by atoms with van der Waals surface area (Å²) in [5.41, 5.74) is 0. The highest BCUT2D eigenvalue weighted by molar-refractivity contribution is 7.81. The molecule has 0 fully saturated rings. The van der Waals surface area contributed by atoms with Crippen LogP contribution in [0.4, 0.5) is 0 Å². The van der Waals surface area contributed by atoms with Crippen molar-refractivity contribution in [3.05, 3.63) is 0 Å². The number of amides is 1. The van der Waals surface area contributed by atoms with Crippen LogP contribution in [0.2, 0.25) is 0 Å². The summed E-state index contributed by atoms with van der Waals surface area (Å²) in [4.78, 5) is 12.8. The van der Waals surface area contributed by atoms with E-state index in [9.17, 15) is 4.79 Å². The van der Waals surface area contributed by atoms with E-state index in [1.54, 1.807) is 11.8 Å². The quantitative estimate of drug-likeness (QED) is 0.600. The Morgan fingerprint density at radius 3 is 2.55 bits per heavy atom. The van der Waals surface area contributed by atoms with Crippen LogP contribution in [0.3, 0.4) is 0 Å². The fraction of sp³-hybridized carbons (Fsp3) is 0.857.